The van der Waals surface area contributed by atoms with Crippen molar-refractivity contribution in [1.82, 2.24) is 4.98 Å². The molecule has 3 rings (SSSR count). The van der Waals surface area contributed by atoms with Gasteiger partial charge in [-0.2, -0.15) is 0 Å². The van der Waals surface area contributed by atoms with Crippen molar-refractivity contribution < 1.29 is 14.3 Å². The van der Waals surface area contributed by atoms with Gasteiger partial charge in [0.1, 0.15) is 16.5 Å². The van der Waals surface area contributed by atoms with Crippen LogP contribution in [0, 0.1) is 5.92 Å². The van der Waals surface area contributed by atoms with Crippen LogP contribution < -0.4 is 14.8 Å². The molecule has 0 radical (unpaired) electrons. The van der Waals surface area contributed by atoms with Crippen molar-refractivity contribution in [2.45, 2.75) is 25.7 Å². The number of thiazole rings is 1. The maximum atomic E-state index is 12.5. The molecule has 0 unspecified atom stereocenters. The number of rotatable bonds is 6. The lowest BCUT2D eigenvalue weighted by Gasteiger charge is -2.10. The first-order chi connectivity index (χ1) is 11.2. The summed E-state index contributed by atoms with van der Waals surface area (Å²) >= 11 is 1.47. The number of methoxy groups -OCH3 is 2. The number of nitrogens with one attached hydrogen (secondary N) is 1. The number of carbonyl (C=O) groups is 1. The third-order valence-electron chi connectivity index (χ3n) is 4.18. The first-order valence-corrected chi connectivity index (χ1v) is 8.51. The Hall–Kier alpha value is -2.08. The molecule has 1 saturated carbocycles. The number of carbonyl (C=O) groups excluding carboxylic acids is 1. The quantitative estimate of drug-likeness (QED) is 0.880. The van der Waals surface area contributed by atoms with Crippen LogP contribution in [0.5, 0.6) is 11.5 Å². The molecule has 1 aromatic heterocycles. The Kier molecular flexibility index (Phi) is 4.52. The Morgan fingerprint density at radius 3 is 2.91 bits per heavy atom. The summed E-state index contributed by atoms with van der Waals surface area (Å²) in [4.78, 5) is 16.7. The smallest absolute Gasteiger partial charge is 0.228 e. The van der Waals surface area contributed by atoms with Gasteiger partial charge in [0.2, 0.25) is 5.91 Å². The van der Waals surface area contributed by atoms with E-state index in [9.17, 15) is 4.79 Å². The highest BCUT2D eigenvalue weighted by atomic mass is 32.1. The molecule has 1 aromatic carbocycles. The van der Waals surface area contributed by atoms with Crippen molar-refractivity contribution in [3.8, 4) is 11.5 Å². The second kappa shape index (κ2) is 6.58. The SMILES string of the molecule is CCc1ncsc1NC(=O)[C@H]1C[C@H]1c1cc(OC)ccc1OC. The Bertz CT molecular complexity index is 714. The molecule has 2 atom stereocenters. The number of aromatic nitrogens is 1. The fraction of sp³-hybridized carbons (Fsp3) is 0.412. The molecule has 0 saturated heterocycles. The van der Waals surface area contributed by atoms with E-state index in [1.165, 1.54) is 11.3 Å². The van der Waals surface area contributed by atoms with E-state index in [2.05, 4.69) is 10.3 Å². The topological polar surface area (TPSA) is 60.5 Å². The molecule has 1 N–H and O–H groups in total. The highest BCUT2D eigenvalue weighted by molar-refractivity contribution is 7.14. The molecular formula is C17H20N2O3S. The number of ether oxygens (including phenoxy) is 2. The van der Waals surface area contributed by atoms with Gasteiger partial charge in [0.05, 0.1) is 25.4 Å². The maximum absolute atomic E-state index is 12.5. The minimum Gasteiger partial charge on any atom is -0.497 e. The summed E-state index contributed by atoms with van der Waals surface area (Å²) in [6, 6.07) is 5.71. The average Bonchev–Trinajstić information content (AvgIpc) is 3.27. The van der Waals surface area contributed by atoms with Gasteiger partial charge in [0.25, 0.3) is 0 Å². The monoisotopic (exact) mass is 332 g/mol. The second-order valence-corrected chi connectivity index (χ2v) is 6.38. The van der Waals surface area contributed by atoms with E-state index >= 15 is 0 Å². The van der Waals surface area contributed by atoms with Gasteiger partial charge < -0.3 is 14.8 Å². The number of aryl methyl sites for hydroxylation is 1. The first-order valence-electron chi connectivity index (χ1n) is 7.63. The highest BCUT2D eigenvalue weighted by Gasteiger charge is 2.45. The van der Waals surface area contributed by atoms with Crippen molar-refractivity contribution in [2.75, 3.05) is 19.5 Å². The summed E-state index contributed by atoms with van der Waals surface area (Å²) in [5.74, 6) is 1.79. The van der Waals surface area contributed by atoms with Crippen LogP contribution in [0.2, 0.25) is 0 Å². The van der Waals surface area contributed by atoms with Gasteiger partial charge in [-0.1, -0.05) is 6.92 Å². The van der Waals surface area contributed by atoms with E-state index < -0.39 is 0 Å². The zero-order valence-electron chi connectivity index (χ0n) is 13.5. The molecule has 23 heavy (non-hydrogen) atoms. The predicted molar refractivity (Wildman–Crippen MR) is 90.5 cm³/mol. The van der Waals surface area contributed by atoms with E-state index in [4.69, 9.17) is 9.47 Å². The van der Waals surface area contributed by atoms with Crippen LogP contribution in [0.4, 0.5) is 5.00 Å². The summed E-state index contributed by atoms with van der Waals surface area (Å²) in [7, 11) is 3.28. The number of nitrogens with zero attached hydrogens (tertiary/aromatic N) is 1. The molecule has 0 spiro atoms. The second-order valence-electron chi connectivity index (χ2n) is 5.53. The lowest BCUT2D eigenvalue weighted by molar-refractivity contribution is -0.117. The summed E-state index contributed by atoms with van der Waals surface area (Å²) < 4.78 is 10.7. The van der Waals surface area contributed by atoms with E-state index in [-0.39, 0.29) is 17.7 Å². The molecular weight excluding hydrogens is 312 g/mol. The summed E-state index contributed by atoms with van der Waals surface area (Å²) in [5, 5.41) is 3.88. The Morgan fingerprint density at radius 2 is 2.22 bits per heavy atom. The van der Waals surface area contributed by atoms with E-state index in [0.29, 0.717) is 0 Å². The number of benzene rings is 1. The minimum atomic E-state index is -0.0252. The molecule has 1 fully saturated rings. The fourth-order valence-electron chi connectivity index (χ4n) is 2.79. The van der Waals surface area contributed by atoms with Crippen LogP contribution >= 0.6 is 11.3 Å². The molecule has 1 aliphatic rings. The lowest BCUT2D eigenvalue weighted by atomic mass is 10.1. The van der Waals surface area contributed by atoms with Gasteiger partial charge in [0, 0.05) is 17.4 Å². The fourth-order valence-corrected chi connectivity index (χ4v) is 3.56. The minimum absolute atomic E-state index is 0.0252. The third kappa shape index (κ3) is 3.17. The van der Waals surface area contributed by atoms with Gasteiger partial charge in [-0.15, -0.1) is 11.3 Å². The molecule has 1 aliphatic carbocycles. The first kappa shape index (κ1) is 15.8. The van der Waals surface area contributed by atoms with Crippen LogP contribution in [0.15, 0.2) is 23.7 Å². The van der Waals surface area contributed by atoms with E-state index in [1.54, 1.807) is 19.7 Å². The molecule has 122 valence electrons. The van der Waals surface area contributed by atoms with Crippen molar-refractivity contribution >= 4 is 22.2 Å². The molecule has 0 aliphatic heterocycles. The average molecular weight is 332 g/mol. The number of hydrogen-bond donors (Lipinski definition) is 1. The predicted octanol–water partition coefficient (Wildman–Crippen LogP) is 3.46. The van der Waals surface area contributed by atoms with Gasteiger partial charge in [-0.25, -0.2) is 4.98 Å². The van der Waals surface area contributed by atoms with Gasteiger partial charge in [0.15, 0.2) is 0 Å². The normalized spacial score (nSPS) is 19.3. The van der Waals surface area contributed by atoms with E-state index in [1.807, 2.05) is 25.1 Å². The number of hydrogen-bond acceptors (Lipinski definition) is 5. The van der Waals surface area contributed by atoms with Crippen molar-refractivity contribution in [3.05, 3.63) is 35.0 Å². The highest BCUT2D eigenvalue weighted by Crippen LogP contribution is 2.51. The Balaban J connectivity index is 1.73. The largest absolute Gasteiger partial charge is 0.497 e. The lowest BCUT2D eigenvalue weighted by Crippen LogP contribution is -2.14. The zero-order valence-corrected chi connectivity index (χ0v) is 14.3. The van der Waals surface area contributed by atoms with Crippen LogP contribution in [0.3, 0.4) is 0 Å². The van der Waals surface area contributed by atoms with Crippen LogP contribution in [0.25, 0.3) is 0 Å². The number of amides is 1. The van der Waals surface area contributed by atoms with Crippen LogP contribution in [-0.2, 0) is 11.2 Å². The standard InChI is InChI=1S/C17H20N2O3S/c1-4-14-17(23-9-18-14)19-16(20)13-8-11(13)12-7-10(21-2)5-6-15(12)22-3/h5-7,9,11,13H,4,8H2,1-3H3,(H,19,20)/t11-,13-/m0/s1. The van der Waals surface area contributed by atoms with Crippen LogP contribution in [0.1, 0.15) is 30.5 Å². The Morgan fingerprint density at radius 1 is 1.39 bits per heavy atom. The summed E-state index contributed by atoms with van der Waals surface area (Å²) in [5.41, 5.74) is 3.75. The van der Waals surface area contributed by atoms with E-state index in [0.717, 1.165) is 40.6 Å². The van der Waals surface area contributed by atoms with Gasteiger partial charge >= 0.3 is 0 Å². The Labute approximate surface area is 139 Å². The van der Waals surface area contributed by atoms with Crippen molar-refractivity contribution in [2.24, 2.45) is 5.92 Å². The number of anilines is 1. The molecule has 5 nitrogen and oxygen atoms in total. The van der Waals surface area contributed by atoms with Crippen LogP contribution in [-0.4, -0.2) is 25.1 Å². The molecule has 0 bridgehead atoms. The molecule has 1 heterocycles. The summed E-state index contributed by atoms with van der Waals surface area (Å²) in [6.45, 7) is 2.03. The van der Waals surface area contributed by atoms with Gasteiger partial charge in [-0.05, 0) is 31.0 Å². The van der Waals surface area contributed by atoms with Crippen molar-refractivity contribution in [3.63, 3.8) is 0 Å². The van der Waals surface area contributed by atoms with Crippen molar-refractivity contribution in [1.29, 1.82) is 0 Å². The molecule has 6 heteroatoms. The summed E-state index contributed by atoms with van der Waals surface area (Å²) in [6.07, 6.45) is 1.65. The zero-order chi connectivity index (χ0) is 16.4. The molecule has 1 amide bonds. The molecule has 2 aromatic rings. The third-order valence-corrected chi connectivity index (χ3v) is 4.96. The maximum Gasteiger partial charge on any atom is 0.228 e. The van der Waals surface area contributed by atoms with Gasteiger partial charge in [-0.3, -0.25) is 4.79 Å².